The Bertz CT molecular complexity index is 611. The van der Waals surface area contributed by atoms with E-state index in [1.165, 1.54) is 25.0 Å². The highest BCUT2D eigenvalue weighted by atomic mass is 16.6. The first-order valence-corrected chi connectivity index (χ1v) is 7.73. The van der Waals surface area contributed by atoms with E-state index >= 15 is 0 Å². The molecule has 1 aliphatic heterocycles. The van der Waals surface area contributed by atoms with E-state index in [1.54, 1.807) is 12.1 Å². The van der Waals surface area contributed by atoms with Crippen LogP contribution in [0.1, 0.15) is 33.6 Å². The lowest BCUT2D eigenvalue weighted by Gasteiger charge is -2.49. The Labute approximate surface area is 130 Å². The van der Waals surface area contributed by atoms with Crippen LogP contribution in [0.5, 0.6) is 0 Å². The van der Waals surface area contributed by atoms with Gasteiger partial charge in [-0.1, -0.05) is 26.0 Å². The van der Waals surface area contributed by atoms with Gasteiger partial charge in [0.15, 0.2) is 0 Å². The quantitative estimate of drug-likeness (QED) is 0.473. The first-order chi connectivity index (χ1) is 10.3. The minimum Gasteiger partial charge on any atom is -0.278 e. The fourth-order valence-corrected chi connectivity index (χ4v) is 3.82. The Morgan fingerprint density at radius 3 is 2.55 bits per heavy atom. The summed E-state index contributed by atoms with van der Waals surface area (Å²) < 4.78 is 0. The number of fused-ring (bicyclic) bond motifs is 2. The van der Waals surface area contributed by atoms with Gasteiger partial charge in [0.2, 0.25) is 0 Å². The van der Waals surface area contributed by atoms with Crippen LogP contribution in [-0.4, -0.2) is 23.0 Å². The van der Waals surface area contributed by atoms with Crippen molar-refractivity contribution < 1.29 is 4.92 Å². The van der Waals surface area contributed by atoms with E-state index in [9.17, 15) is 10.1 Å². The zero-order chi connectivity index (χ0) is 16.0. The van der Waals surface area contributed by atoms with Crippen molar-refractivity contribution in [3.63, 3.8) is 0 Å². The molecule has 1 aliphatic carbocycles. The second kappa shape index (κ2) is 5.04. The Morgan fingerprint density at radius 2 is 1.95 bits per heavy atom. The lowest BCUT2D eigenvalue weighted by molar-refractivity contribution is -0.384. The molecule has 2 atom stereocenters. The number of nitro benzene ring substituents is 1. The molecule has 118 valence electrons. The predicted molar refractivity (Wildman–Crippen MR) is 83.8 cm³/mol. The first kappa shape index (κ1) is 14.9. The van der Waals surface area contributed by atoms with Crippen LogP contribution in [0, 0.1) is 26.9 Å². The topological polar surface area (TPSA) is 71.1 Å². The van der Waals surface area contributed by atoms with E-state index in [0.29, 0.717) is 17.0 Å². The Hall–Kier alpha value is -1.98. The van der Waals surface area contributed by atoms with Crippen LogP contribution in [-0.2, 0) is 0 Å². The lowest BCUT2D eigenvalue weighted by atomic mass is 9.63. The van der Waals surface area contributed by atoms with Gasteiger partial charge < -0.3 is 0 Å². The van der Waals surface area contributed by atoms with Crippen molar-refractivity contribution in [3.05, 3.63) is 34.4 Å². The SMILES string of the molecule is CC1(C)[C@@H]2CC[C@@]1(C)CN(N=Nc1ccc([N+](=O)[O-])cc1)C2. The third-order valence-electron chi connectivity index (χ3n) is 5.93. The molecule has 0 amide bonds. The van der Waals surface area contributed by atoms with Crippen LogP contribution in [0.4, 0.5) is 11.4 Å². The van der Waals surface area contributed by atoms with Crippen molar-refractivity contribution in [2.24, 2.45) is 27.1 Å². The number of benzene rings is 1. The number of nitrogens with zero attached hydrogens (tertiary/aromatic N) is 4. The molecule has 2 fully saturated rings. The van der Waals surface area contributed by atoms with Crippen molar-refractivity contribution in [2.75, 3.05) is 13.1 Å². The molecule has 0 radical (unpaired) electrons. The lowest BCUT2D eigenvalue weighted by Crippen LogP contribution is -2.50. The summed E-state index contributed by atoms with van der Waals surface area (Å²) in [5.41, 5.74) is 1.36. The second-order valence-electron chi connectivity index (χ2n) is 7.33. The third kappa shape index (κ3) is 2.36. The summed E-state index contributed by atoms with van der Waals surface area (Å²) in [7, 11) is 0. The maximum atomic E-state index is 10.6. The largest absolute Gasteiger partial charge is 0.278 e. The molecule has 3 rings (SSSR count). The minimum atomic E-state index is -0.411. The molecule has 0 N–H and O–H groups in total. The highest BCUT2D eigenvalue weighted by molar-refractivity contribution is 5.43. The molecule has 6 heteroatoms. The fourth-order valence-electron chi connectivity index (χ4n) is 3.82. The summed E-state index contributed by atoms with van der Waals surface area (Å²) in [6, 6.07) is 6.18. The van der Waals surface area contributed by atoms with Crippen molar-refractivity contribution in [3.8, 4) is 0 Å². The van der Waals surface area contributed by atoms with Crippen molar-refractivity contribution in [1.29, 1.82) is 0 Å². The molecule has 2 aliphatic rings. The monoisotopic (exact) mass is 302 g/mol. The standard InChI is InChI=1S/C16H22N4O2/c1-15(2)12-8-9-16(15,3)11-19(10-12)18-17-13-4-6-14(7-5-13)20(21)22/h4-7,12H,8-11H2,1-3H3/t12-,16+/m1/s1. The zero-order valence-electron chi connectivity index (χ0n) is 13.3. The maximum Gasteiger partial charge on any atom is 0.269 e. The van der Waals surface area contributed by atoms with Gasteiger partial charge in [-0.3, -0.25) is 15.1 Å². The number of hydrogen-bond acceptors (Lipinski definition) is 4. The van der Waals surface area contributed by atoms with Gasteiger partial charge in [0.1, 0.15) is 0 Å². The van der Waals surface area contributed by atoms with Gasteiger partial charge in [-0.25, -0.2) is 0 Å². The highest BCUT2D eigenvalue weighted by Gasteiger charge is 2.55. The van der Waals surface area contributed by atoms with Crippen LogP contribution < -0.4 is 0 Å². The van der Waals surface area contributed by atoms with E-state index in [4.69, 9.17) is 0 Å². The van der Waals surface area contributed by atoms with Gasteiger partial charge in [0, 0.05) is 25.2 Å². The Balaban J connectivity index is 1.71. The molecule has 1 aromatic rings. The normalized spacial score (nSPS) is 30.0. The molecule has 0 aromatic heterocycles. The number of piperidine rings is 1. The van der Waals surface area contributed by atoms with Crippen molar-refractivity contribution >= 4 is 11.4 Å². The summed E-state index contributed by atoms with van der Waals surface area (Å²) in [6.45, 7) is 8.96. The fraction of sp³-hybridized carbons (Fsp3) is 0.625. The molecular formula is C16H22N4O2. The number of rotatable bonds is 3. The van der Waals surface area contributed by atoms with E-state index in [-0.39, 0.29) is 11.1 Å². The van der Waals surface area contributed by atoms with Crippen molar-refractivity contribution in [2.45, 2.75) is 33.6 Å². The van der Waals surface area contributed by atoms with Gasteiger partial charge in [-0.2, -0.15) is 0 Å². The molecule has 1 aromatic carbocycles. The molecule has 1 saturated heterocycles. The number of non-ortho nitro benzene ring substituents is 1. The van der Waals surface area contributed by atoms with Crippen LogP contribution >= 0.6 is 0 Å². The van der Waals surface area contributed by atoms with Gasteiger partial charge in [-0.05, 0) is 41.7 Å². The summed E-state index contributed by atoms with van der Waals surface area (Å²) in [5.74, 6) is 0.655. The molecule has 22 heavy (non-hydrogen) atoms. The summed E-state index contributed by atoms with van der Waals surface area (Å²) in [4.78, 5) is 10.2. The Kier molecular flexibility index (Phi) is 3.42. The smallest absolute Gasteiger partial charge is 0.269 e. The average Bonchev–Trinajstić information content (AvgIpc) is 2.63. The first-order valence-electron chi connectivity index (χ1n) is 7.73. The van der Waals surface area contributed by atoms with Gasteiger partial charge >= 0.3 is 0 Å². The van der Waals surface area contributed by atoms with E-state index in [1.807, 2.05) is 0 Å². The molecule has 1 heterocycles. The molecular weight excluding hydrogens is 280 g/mol. The Morgan fingerprint density at radius 1 is 1.27 bits per heavy atom. The maximum absolute atomic E-state index is 10.6. The highest BCUT2D eigenvalue weighted by Crippen LogP contribution is 2.59. The summed E-state index contributed by atoms with van der Waals surface area (Å²) >= 11 is 0. The van der Waals surface area contributed by atoms with Gasteiger partial charge in [0.25, 0.3) is 5.69 Å². The summed E-state index contributed by atoms with van der Waals surface area (Å²) in [5, 5.41) is 21.3. The number of nitro groups is 1. The van der Waals surface area contributed by atoms with Crippen molar-refractivity contribution in [1.82, 2.24) is 5.01 Å². The third-order valence-corrected chi connectivity index (χ3v) is 5.93. The second-order valence-corrected chi connectivity index (χ2v) is 7.33. The predicted octanol–water partition coefficient (Wildman–Crippen LogP) is 4.35. The van der Waals surface area contributed by atoms with E-state index in [0.717, 1.165) is 13.1 Å². The zero-order valence-corrected chi connectivity index (χ0v) is 13.3. The molecule has 2 bridgehead atoms. The molecule has 0 unspecified atom stereocenters. The van der Waals surface area contributed by atoms with E-state index < -0.39 is 4.92 Å². The molecule has 0 spiro atoms. The van der Waals surface area contributed by atoms with Crippen LogP contribution in [0.2, 0.25) is 0 Å². The molecule has 6 nitrogen and oxygen atoms in total. The average molecular weight is 302 g/mol. The molecule has 1 saturated carbocycles. The van der Waals surface area contributed by atoms with Gasteiger partial charge in [-0.15, -0.1) is 5.11 Å². The number of hydrogen-bond donors (Lipinski definition) is 0. The van der Waals surface area contributed by atoms with Crippen LogP contribution in [0.15, 0.2) is 34.6 Å². The van der Waals surface area contributed by atoms with Crippen LogP contribution in [0.3, 0.4) is 0 Å². The van der Waals surface area contributed by atoms with Gasteiger partial charge in [0.05, 0.1) is 10.6 Å². The van der Waals surface area contributed by atoms with Crippen LogP contribution in [0.25, 0.3) is 0 Å². The summed E-state index contributed by atoms with van der Waals surface area (Å²) in [6.07, 6.45) is 2.50. The van der Waals surface area contributed by atoms with E-state index in [2.05, 4.69) is 36.1 Å². The minimum absolute atomic E-state index is 0.0734.